The number of aryl methyl sites for hydroxylation is 1. The van der Waals surface area contributed by atoms with Crippen LogP contribution in [0.4, 0.5) is 17.1 Å². The summed E-state index contributed by atoms with van der Waals surface area (Å²) in [5.41, 5.74) is 4.13. The third-order valence-electron chi connectivity index (χ3n) is 3.06. The Bertz CT molecular complexity index is 604. The van der Waals surface area contributed by atoms with Crippen LogP contribution >= 0.6 is 15.9 Å². The minimum absolute atomic E-state index is 0.858. The van der Waals surface area contributed by atoms with Gasteiger partial charge in [-0.1, -0.05) is 22.9 Å². The van der Waals surface area contributed by atoms with Crippen LogP contribution in [0.25, 0.3) is 0 Å². The number of benzene rings is 2. The third kappa shape index (κ3) is 3.67. The first-order valence-electron chi connectivity index (χ1n) is 6.57. The minimum Gasteiger partial charge on any atom is -0.378 e. The molecule has 0 saturated heterocycles. The zero-order valence-corrected chi connectivity index (χ0v) is 13.6. The number of halogens is 1. The van der Waals surface area contributed by atoms with Gasteiger partial charge in [0.15, 0.2) is 0 Å². The molecule has 3 nitrogen and oxygen atoms in total. The normalized spacial score (nSPS) is 11.0. The summed E-state index contributed by atoms with van der Waals surface area (Å²) in [7, 11) is 4.04. The molecule has 2 aromatic rings. The first kappa shape index (κ1) is 14.7. The monoisotopic (exact) mass is 331 g/mol. The first-order chi connectivity index (χ1) is 9.60. The van der Waals surface area contributed by atoms with E-state index in [-0.39, 0.29) is 0 Å². The van der Waals surface area contributed by atoms with Crippen LogP contribution in [0.2, 0.25) is 0 Å². The van der Waals surface area contributed by atoms with Gasteiger partial charge in [-0.05, 0) is 54.4 Å². The first-order valence-corrected chi connectivity index (χ1v) is 7.37. The van der Waals surface area contributed by atoms with E-state index in [1.807, 2.05) is 50.5 Å². The van der Waals surface area contributed by atoms with Crippen LogP contribution < -0.4 is 4.90 Å². The predicted molar refractivity (Wildman–Crippen MR) is 88.5 cm³/mol. The molecule has 0 unspecified atom stereocenters. The molecule has 0 N–H and O–H groups in total. The highest BCUT2D eigenvalue weighted by atomic mass is 79.9. The Labute approximate surface area is 128 Å². The predicted octanol–water partition coefficient (Wildman–Crippen LogP) is 5.49. The van der Waals surface area contributed by atoms with Crippen LogP contribution in [-0.4, -0.2) is 14.1 Å². The molecule has 0 spiro atoms. The van der Waals surface area contributed by atoms with E-state index in [1.54, 1.807) is 0 Å². The summed E-state index contributed by atoms with van der Waals surface area (Å²) >= 11 is 3.53. The lowest BCUT2D eigenvalue weighted by atomic mass is 10.1. The Hall–Kier alpha value is -1.68. The van der Waals surface area contributed by atoms with Crippen molar-refractivity contribution in [3.05, 3.63) is 52.5 Å². The molecular weight excluding hydrogens is 314 g/mol. The van der Waals surface area contributed by atoms with Crippen molar-refractivity contribution in [2.75, 3.05) is 19.0 Å². The molecule has 0 aliphatic carbocycles. The zero-order valence-electron chi connectivity index (χ0n) is 12.0. The summed E-state index contributed by atoms with van der Waals surface area (Å²) in [6, 6.07) is 14.0. The summed E-state index contributed by atoms with van der Waals surface area (Å²) in [6.07, 6.45) is 0.974. The summed E-state index contributed by atoms with van der Waals surface area (Å²) < 4.78 is 1.12. The number of nitrogens with zero attached hydrogens (tertiary/aromatic N) is 3. The van der Waals surface area contributed by atoms with Crippen molar-refractivity contribution in [1.29, 1.82) is 0 Å². The summed E-state index contributed by atoms with van der Waals surface area (Å²) in [5, 5.41) is 8.56. The molecule has 4 heteroatoms. The van der Waals surface area contributed by atoms with E-state index in [1.165, 1.54) is 5.56 Å². The van der Waals surface area contributed by atoms with E-state index in [0.29, 0.717) is 0 Å². The molecule has 104 valence electrons. The minimum atomic E-state index is 0.858. The van der Waals surface area contributed by atoms with E-state index in [9.17, 15) is 0 Å². The standard InChI is InChI=1S/C16H18BrN3/c1-4-12-11-14(7-10-16(12)17)19-18-13-5-8-15(9-6-13)20(2)3/h5-11H,4H2,1-3H3. The van der Waals surface area contributed by atoms with Crippen LogP contribution in [0.1, 0.15) is 12.5 Å². The fourth-order valence-corrected chi connectivity index (χ4v) is 2.35. The molecule has 0 aliphatic rings. The molecule has 0 aromatic heterocycles. The highest BCUT2D eigenvalue weighted by Gasteiger charge is 1.99. The maximum absolute atomic E-state index is 4.29. The van der Waals surface area contributed by atoms with Crippen molar-refractivity contribution in [3.8, 4) is 0 Å². The van der Waals surface area contributed by atoms with E-state index in [0.717, 1.165) is 28.0 Å². The second kappa shape index (κ2) is 6.66. The lowest BCUT2D eigenvalue weighted by Crippen LogP contribution is -2.07. The molecular formula is C16H18BrN3. The molecule has 0 heterocycles. The van der Waals surface area contributed by atoms with Gasteiger partial charge in [0, 0.05) is 24.3 Å². The van der Waals surface area contributed by atoms with Gasteiger partial charge in [-0.2, -0.15) is 10.2 Å². The molecule has 0 atom stereocenters. The Balaban J connectivity index is 2.16. The number of rotatable bonds is 4. The molecule has 0 amide bonds. The Morgan fingerprint density at radius 3 is 2.15 bits per heavy atom. The van der Waals surface area contributed by atoms with Gasteiger partial charge in [-0.25, -0.2) is 0 Å². The smallest absolute Gasteiger partial charge is 0.0860 e. The molecule has 20 heavy (non-hydrogen) atoms. The molecule has 0 bridgehead atoms. The van der Waals surface area contributed by atoms with E-state index < -0.39 is 0 Å². The largest absolute Gasteiger partial charge is 0.378 e. The fraction of sp³-hybridized carbons (Fsp3) is 0.250. The van der Waals surface area contributed by atoms with Crippen molar-refractivity contribution in [2.24, 2.45) is 10.2 Å². The second-order valence-electron chi connectivity index (χ2n) is 4.74. The lowest BCUT2D eigenvalue weighted by Gasteiger charge is -2.11. The van der Waals surface area contributed by atoms with Crippen LogP contribution in [0.5, 0.6) is 0 Å². The highest BCUT2D eigenvalue weighted by molar-refractivity contribution is 9.10. The average molecular weight is 332 g/mol. The van der Waals surface area contributed by atoms with Crippen LogP contribution in [0, 0.1) is 0 Å². The highest BCUT2D eigenvalue weighted by Crippen LogP contribution is 2.25. The van der Waals surface area contributed by atoms with Crippen molar-refractivity contribution < 1.29 is 0 Å². The lowest BCUT2D eigenvalue weighted by molar-refractivity contribution is 1.11. The SMILES string of the molecule is CCc1cc(N=Nc2ccc(N(C)C)cc2)ccc1Br. The van der Waals surface area contributed by atoms with Gasteiger partial charge in [0.05, 0.1) is 11.4 Å². The average Bonchev–Trinajstić information content (AvgIpc) is 2.46. The topological polar surface area (TPSA) is 28.0 Å². The maximum atomic E-state index is 4.29. The number of azo groups is 1. The van der Waals surface area contributed by atoms with E-state index >= 15 is 0 Å². The second-order valence-corrected chi connectivity index (χ2v) is 5.59. The van der Waals surface area contributed by atoms with Gasteiger partial charge in [0.1, 0.15) is 0 Å². The Morgan fingerprint density at radius 2 is 1.55 bits per heavy atom. The van der Waals surface area contributed by atoms with Crippen LogP contribution in [0.3, 0.4) is 0 Å². The van der Waals surface area contributed by atoms with Crippen molar-refractivity contribution >= 4 is 33.0 Å². The molecule has 0 radical (unpaired) electrons. The van der Waals surface area contributed by atoms with Gasteiger partial charge >= 0.3 is 0 Å². The molecule has 0 fully saturated rings. The third-order valence-corrected chi connectivity index (χ3v) is 3.83. The van der Waals surface area contributed by atoms with Crippen molar-refractivity contribution in [1.82, 2.24) is 0 Å². The molecule has 0 saturated carbocycles. The van der Waals surface area contributed by atoms with Crippen LogP contribution in [0.15, 0.2) is 57.2 Å². The van der Waals surface area contributed by atoms with Crippen molar-refractivity contribution in [2.45, 2.75) is 13.3 Å². The van der Waals surface area contributed by atoms with Crippen molar-refractivity contribution in [3.63, 3.8) is 0 Å². The molecule has 0 aliphatic heterocycles. The fourth-order valence-electron chi connectivity index (χ4n) is 1.83. The van der Waals surface area contributed by atoms with Gasteiger partial charge in [-0.15, -0.1) is 0 Å². The van der Waals surface area contributed by atoms with Crippen LogP contribution in [-0.2, 0) is 6.42 Å². The Kier molecular flexibility index (Phi) is 4.90. The quantitative estimate of drug-likeness (QED) is 0.680. The summed E-state index contributed by atoms with van der Waals surface area (Å²) in [5.74, 6) is 0. The number of hydrogen-bond acceptors (Lipinski definition) is 3. The molecule has 2 aromatic carbocycles. The zero-order chi connectivity index (χ0) is 14.5. The van der Waals surface area contributed by atoms with Gasteiger partial charge in [0.25, 0.3) is 0 Å². The van der Waals surface area contributed by atoms with Gasteiger partial charge in [0.2, 0.25) is 0 Å². The van der Waals surface area contributed by atoms with E-state index in [2.05, 4.69) is 44.0 Å². The summed E-state index contributed by atoms with van der Waals surface area (Å²) in [6.45, 7) is 2.13. The number of hydrogen-bond donors (Lipinski definition) is 0. The number of anilines is 1. The maximum Gasteiger partial charge on any atom is 0.0860 e. The summed E-state index contributed by atoms with van der Waals surface area (Å²) in [4.78, 5) is 2.06. The van der Waals surface area contributed by atoms with Gasteiger partial charge in [-0.3, -0.25) is 0 Å². The Morgan fingerprint density at radius 1 is 0.950 bits per heavy atom. The molecule has 2 rings (SSSR count). The van der Waals surface area contributed by atoms with Gasteiger partial charge < -0.3 is 4.90 Å². The van der Waals surface area contributed by atoms with E-state index in [4.69, 9.17) is 0 Å².